The summed E-state index contributed by atoms with van der Waals surface area (Å²) in [6.45, 7) is 6.57. The van der Waals surface area contributed by atoms with E-state index < -0.39 is 8.07 Å². The molecule has 0 atom stereocenters. The third-order valence-corrected chi connectivity index (χ3v) is 3.79. The van der Waals surface area contributed by atoms with Gasteiger partial charge in [0.15, 0.2) is 0 Å². The fourth-order valence-electron chi connectivity index (χ4n) is 1.71. The van der Waals surface area contributed by atoms with E-state index in [9.17, 15) is 4.79 Å². The van der Waals surface area contributed by atoms with Crippen LogP contribution in [0, 0.1) is 0 Å². The number of fused-ring (bicyclic) bond motifs is 1. The number of hydrogen-bond acceptors (Lipinski definition) is 2. The van der Waals surface area contributed by atoms with Crippen LogP contribution in [0.25, 0.3) is 10.9 Å². The Morgan fingerprint density at radius 3 is 2.68 bits per heavy atom. The zero-order chi connectivity index (χ0) is 13.9. The quantitative estimate of drug-likeness (QED) is 0.684. The molecule has 1 heterocycles. The monoisotopic (exact) mass is 270 g/mol. The number of nitrogens with one attached hydrogen (secondary N) is 1. The minimum Gasteiger partial charge on any atom is -0.321 e. The van der Waals surface area contributed by atoms with Gasteiger partial charge in [-0.2, -0.15) is 0 Å². The van der Waals surface area contributed by atoms with Crippen molar-refractivity contribution in [2.75, 3.05) is 5.32 Å². The Morgan fingerprint density at radius 2 is 1.95 bits per heavy atom. The van der Waals surface area contributed by atoms with E-state index in [4.69, 9.17) is 0 Å². The molecule has 0 aliphatic rings. The maximum Gasteiger partial charge on any atom is 0.247 e. The molecule has 0 spiro atoms. The largest absolute Gasteiger partial charge is 0.321 e. The van der Waals surface area contributed by atoms with Gasteiger partial charge < -0.3 is 5.32 Å². The van der Waals surface area contributed by atoms with Crippen LogP contribution in [-0.4, -0.2) is 19.0 Å². The normalized spacial score (nSPS) is 11.9. The van der Waals surface area contributed by atoms with Crippen molar-refractivity contribution in [1.29, 1.82) is 0 Å². The molecule has 3 nitrogen and oxygen atoms in total. The molecular weight excluding hydrogens is 252 g/mol. The van der Waals surface area contributed by atoms with Crippen molar-refractivity contribution in [1.82, 2.24) is 4.98 Å². The average molecular weight is 270 g/mol. The van der Waals surface area contributed by atoms with Crippen LogP contribution in [0.2, 0.25) is 19.6 Å². The van der Waals surface area contributed by atoms with E-state index >= 15 is 0 Å². The summed E-state index contributed by atoms with van der Waals surface area (Å²) in [7, 11) is -1.35. The Hall–Kier alpha value is -1.94. The van der Waals surface area contributed by atoms with Crippen LogP contribution in [0.5, 0.6) is 0 Å². The molecule has 0 saturated heterocycles. The fraction of sp³-hybridized carbons (Fsp3) is 0.200. The minimum atomic E-state index is -1.35. The van der Waals surface area contributed by atoms with Crippen molar-refractivity contribution in [3.8, 4) is 0 Å². The number of amides is 1. The molecule has 0 fully saturated rings. The predicted octanol–water partition coefficient (Wildman–Crippen LogP) is 3.61. The van der Waals surface area contributed by atoms with E-state index in [0.717, 1.165) is 16.6 Å². The van der Waals surface area contributed by atoms with E-state index in [-0.39, 0.29) is 5.91 Å². The topological polar surface area (TPSA) is 42.0 Å². The molecule has 0 unspecified atom stereocenters. The third-order valence-electron chi connectivity index (χ3n) is 2.63. The van der Waals surface area contributed by atoms with Gasteiger partial charge >= 0.3 is 0 Å². The molecule has 0 aliphatic carbocycles. The molecule has 1 N–H and O–H groups in total. The minimum absolute atomic E-state index is 0.0967. The number of carbonyl (C=O) groups excluding carboxylic acids is 1. The Morgan fingerprint density at radius 1 is 1.21 bits per heavy atom. The molecular formula is C15H18N2OSi. The van der Waals surface area contributed by atoms with Crippen molar-refractivity contribution < 1.29 is 4.79 Å². The summed E-state index contributed by atoms with van der Waals surface area (Å²) in [5, 5.41) is 3.91. The molecule has 1 aromatic carbocycles. The van der Waals surface area contributed by atoms with E-state index in [1.165, 1.54) is 0 Å². The van der Waals surface area contributed by atoms with Crippen molar-refractivity contribution in [2.24, 2.45) is 0 Å². The number of rotatable bonds is 3. The van der Waals surface area contributed by atoms with Crippen LogP contribution < -0.4 is 5.32 Å². The standard InChI is InChI=1S/C15H18N2OSi/c1-19(2,3)11-9-14(18)17-13-8-4-6-12-7-5-10-16-15(12)13/h4-11H,1-3H3,(H,17,18)/b11-9-. The van der Waals surface area contributed by atoms with Gasteiger partial charge in [0.2, 0.25) is 5.91 Å². The van der Waals surface area contributed by atoms with Crippen LogP contribution in [0.15, 0.2) is 48.3 Å². The van der Waals surface area contributed by atoms with Crippen molar-refractivity contribution in [3.63, 3.8) is 0 Å². The number of benzene rings is 1. The number of hydrogen-bond donors (Lipinski definition) is 1. The second-order valence-electron chi connectivity index (χ2n) is 5.57. The first-order valence-electron chi connectivity index (χ1n) is 6.30. The van der Waals surface area contributed by atoms with E-state index in [1.54, 1.807) is 12.3 Å². The SMILES string of the molecule is C[Si](C)(C)/C=C\C(=O)Nc1cccc2cccnc12. The molecule has 0 bridgehead atoms. The zero-order valence-electron chi connectivity index (χ0n) is 11.5. The van der Waals surface area contributed by atoms with E-state index in [2.05, 4.69) is 29.9 Å². The zero-order valence-corrected chi connectivity index (χ0v) is 12.5. The van der Waals surface area contributed by atoms with Crippen LogP contribution in [0.4, 0.5) is 5.69 Å². The molecule has 0 saturated carbocycles. The first-order valence-corrected chi connectivity index (χ1v) is 9.87. The maximum atomic E-state index is 11.9. The number of carbonyl (C=O) groups is 1. The first kappa shape index (κ1) is 13.5. The number of aromatic nitrogens is 1. The van der Waals surface area contributed by atoms with Gasteiger partial charge in [-0.15, -0.1) is 0 Å². The van der Waals surface area contributed by atoms with Crippen LogP contribution in [-0.2, 0) is 4.79 Å². The lowest BCUT2D eigenvalue weighted by molar-refractivity contribution is -0.111. The Balaban J connectivity index is 2.22. The molecule has 4 heteroatoms. The van der Waals surface area contributed by atoms with Crippen LogP contribution in [0.3, 0.4) is 0 Å². The summed E-state index contributed by atoms with van der Waals surface area (Å²) in [6.07, 6.45) is 3.36. The average Bonchev–Trinajstić information content (AvgIpc) is 2.36. The fourth-order valence-corrected chi connectivity index (χ4v) is 2.36. The Kier molecular flexibility index (Phi) is 3.81. The second-order valence-corrected chi connectivity index (χ2v) is 10.6. The number of para-hydroxylation sites is 1. The van der Waals surface area contributed by atoms with Crippen molar-refractivity contribution in [2.45, 2.75) is 19.6 Å². The molecule has 2 rings (SSSR count). The van der Waals surface area contributed by atoms with Gasteiger partial charge in [-0.25, -0.2) is 0 Å². The van der Waals surface area contributed by atoms with Crippen molar-refractivity contribution >= 4 is 30.6 Å². The van der Waals surface area contributed by atoms with Gasteiger partial charge in [-0.1, -0.05) is 43.5 Å². The number of nitrogens with zero attached hydrogens (tertiary/aromatic N) is 1. The predicted molar refractivity (Wildman–Crippen MR) is 82.9 cm³/mol. The van der Waals surface area contributed by atoms with Crippen molar-refractivity contribution in [3.05, 3.63) is 48.3 Å². The maximum absolute atomic E-state index is 11.9. The molecule has 2 aromatic rings. The first-order chi connectivity index (χ1) is 8.96. The van der Waals surface area contributed by atoms with E-state index in [0.29, 0.717) is 0 Å². The van der Waals surface area contributed by atoms with Crippen LogP contribution in [0.1, 0.15) is 0 Å². The van der Waals surface area contributed by atoms with Gasteiger partial charge in [-0.3, -0.25) is 9.78 Å². The highest BCUT2D eigenvalue weighted by Gasteiger charge is 2.09. The number of pyridine rings is 1. The second kappa shape index (κ2) is 5.36. The molecule has 0 aliphatic heterocycles. The smallest absolute Gasteiger partial charge is 0.247 e. The summed E-state index contributed by atoms with van der Waals surface area (Å²) >= 11 is 0. The highest BCUT2D eigenvalue weighted by Crippen LogP contribution is 2.20. The van der Waals surface area contributed by atoms with Gasteiger partial charge in [0.1, 0.15) is 0 Å². The lowest BCUT2D eigenvalue weighted by atomic mass is 10.2. The van der Waals surface area contributed by atoms with Gasteiger partial charge in [-0.05, 0) is 18.2 Å². The molecule has 19 heavy (non-hydrogen) atoms. The summed E-state index contributed by atoms with van der Waals surface area (Å²) in [5.74, 6) is -0.0967. The van der Waals surface area contributed by atoms with Gasteiger partial charge in [0, 0.05) is 11.6 Å². The third kappa shape index (κ3) is 3.76. The Bertz CT molecular complexity index is 624. The Labute approximate surface area is 114 Å². The van der Waals surface area contributed by atoms with Crippen LogP contribution >= 0.6 is 0 Å². The highest BCUT2D eigenvalue weighted by atomic mass is 28.3. The summed E-state index contributed by atoms with van der Waals surface area (Å²) in [4.78, 5) is 16.2. The van der Waals surface area contributed by atoms with Gasteiger partial charge in [0.25, 0.3) is 0 Å². The van der Waals surface area contributed by atoms with Gasteiger partial charge in [0.05, 0.1) is 19.3 Å². The summed E-state index contributed by atoms with van der Waals surface area (Å²) < 4.78 is 0. The summed E-state index contributed by atoms with van der Waals surface area (Å²) in [6, 6.07) is 9.64. The molecule has 1 aromatic heterocycles. The highest BCUT2D eigenvalue weighted by molar-refractivity contribution is 6.81. The lowest BCUT2D eigenvalue weighted by Crippen LogP contribution is -2.18. The lowest BCUT2D eigenvalue weighted by Gasteiger charge is -2.09. The molecule has 0 radical (unpaired) electrons. The molecule has 1 amide bonds. The molecule has 98 valence electrons. The van der Waals surface area contributed by atoms with E-state index in [1.807, 2.05) is 36.0 Å². The summed E-state index contributed by atoms with van der Waals surface area (Å²) in [5.41, 5.74) is 3.60. The number of anilines is 1.